The second-order valence-corrected chi connectivity index (χ2v) is 5.16. The number of carbonyl (C=O) groups excluding carboxylic acids is 1. The number of benzene rings is 1. The van der Waals surface area contributed by atoms with Gasteiger partial charge in [-0.3, -0.25) is 9.48 Å². The van der Waals surface area contributed by atoms with E-state index in [1.165, 1.54) is 0 Å². The quantitative estimate of drug-likeness (QED) is 0.915. The van der Waals surface area contributed by atoms with Gasteiger partial charge in [-0.1, -0.05) is 6.07 Å². The second-order valence-electron chi connectivity index (χ2n) is 5.16. The van der Waals surface area contributed by atoms with Crippen molar-refractivity contribution in [3.8, 4) is 11.3 Å². The van der Waals surface area contributed by atoms with Gasteiger partial charge in [0.25, 0.3) is 0 Å². The van der Waals surface area contributed by atoms with Crippen LogP contribution in [0.5, 0.6) is 0 Å². The molecule has 0 saturated heterocycles. The van der Waals surface area contributed by atoms with Gasteiger partial charge in [0.2, 0.25) is 5.91 Å². The third-order valence-electron chi connectivity index (χ3n) is 3.70. The van der Waals surface area contributed by atoms with E-state index in [-0.39, 0.29) is 5.91 Å². The second kappa shape index (κ2) is 4.76. The minimum Gasteiger partial charge on any atom is -0.329 e. The lowest BCUT2D eigenvalue weighted by molar-refractivity contribution is -0.117. The van der Waals surface area contributed by atoms with Gasteiger partial charge in [0.15, 0.2) is 0 Å². The number of fused-ring (bicyclic) bond motifs is 1. The van der Waals surface area contributed by atoms with Crippen molar-refractivity contribution in [2.24, 2.45) is 5.73 Å². The first-order valence-corrected chi connectivity index (χ1v) is 6.74. The van der Waals surface area contributed by atoms with E-state index >= 15 is 0 Å². The molecule has 20 heavy (non-hydrogen) atoms. The largest absolute Gasteiger partial charge is 0.329 e. The zero-order valence-corrected chi connectivity index (χ0v) is 11.8. The van der Waals surface area contributed by atoms with Gasteiger partial charge in [0.05, 0.1) is 24.4 Å². The summed E-state index contributed by atoms with van der Waals surface area (Å²) in [7, 11) is 1.82. The molecule has 2 aromatic rings. The first-order chi connectivity index (χ1) is 9.60. The van der Waals surface area contributed by atoms with Crippen LogP contribution in [0.15, 0.2) is 24.3 Å². The number of aryl methyl sites for hydroxylation is 1. The molecule has 0 saturated carbocycles. The maximum Gasteiger partial charge on any atom is 0.231 e. The zero-order chi connectivity index (χ0) is 14.3. The number of amides is 1. The minimum absolute atomic E-state index is 0.142. The van der Waals surface area contributed by atoms with E-state index in [0.29, 0.717) is 19.5 Å². The summed E-state index contributed by atoms with van der Waals surface area (Å²) in [5.74, 6) is 0.142. The Hall–Kier alpha value is -2.14. The highest BCUT2D eigenvalue weighted by Gasteiger charge is 2.24. The summed E-state index contributed by atoms with van der Waals surface area (Å²) in [6.45, 7) is 3.22. The van der Waals surface area contributed by atoms with Crippen molar-refractivity contribution in [3.05, 3.63) is 35.5 Å². The van der Waals surface area contributed by atoms with Gasteiger partial charge in [-0.2, -0.15) is 5.10 Å². The Morgan fingerprint density at radius 3 is 2.90 bits per heavy atom. The topological polar surface area (TPSA) is 64.2 Å². The van der Waals surface area contributed by atoms with Crippen molar-refractivity contribution in [1.82, 2.24) is 9.78 Å². The maximum absolute atomic E-state index is 11.7. The van der Waals surface area contributed by atoms with E-state index in [9.17, 15) is 4.79 Å². The number of rotatable bonds is 3. The van der Waals surface area contributed by atoms with Gasteiger partial charge in [-0.05, 0) is 30.7 Å². The fourth-order valence-electron chi connectivity index (χ4n) is 2.70. The number of aromatic nitrogens is 2. The Morgan fingerprint density at radius 1 is 1.35 bits per heavy atom. The summed E-state index contributed by atoms with van der Waals surface area (Å²) in [6.07, 6.45) is 0.476. The van der Waals surface area contributed by atoms with E-state index in [1.807, 2.05) is 30.8 Å². The Bertz CT molecular complexity index is 675. The van der Waals surface area contributed by atoms with Crippen molar-refractivity contribution in [3.63, 3.8) is 0 Å². The van der Waals surface area contributed by atoms with E-state index in [4.69, 9.17) is 5.73 Å². The Morgan fingerprint density at radius 2 is 2.15 bits per heavy atom. The molecule has 0 aliphatic carbocycles. The van der Waals surface area contributed by atoms with Crippen molar-refractivity contribution in [1.29, 1.82) is 0 Å². The summed E-state index contributed by atoms with van der Waals surface area (Å²) < 4.78 is 1.93. The van der Waals surface area contributed by atoms with Crippen molar-refractivity contribution < 1.29 is 4.79 Å². The number of anilines is 1. The lowest BCUT2D eigenvalue weighted by Crippen LogP contribution is -2.20. The number of hydrogen-bond donors (Lipinski definition) is 1. The summed E-state index contributed by atoms with van der Waals surface area (Å²) in [5.41, 5.74) is 10.8. The average Bonchev–Trinajstić information content (AvgIpc) is 2.91. The fraction of sp³-hybridized carbons (Fsp3) is 0.333. The number of likely N-dealkylation sites (N-methyl/N-ethyl adjacent to an activating group) is 1. The molecule has 0 spiro atoms. The summed E-state index contributed by atoms with van der Waals surface area (Å²) in [6, 6.07) is 8.18. The standard InChI is InChI=1S/C15H18N4O/c1-10-7-14(19(17-10)6-5-16)11-3-4-13-12(8-11)9-15(20)18(13)2/h3-4,7-8H,5-6,9,16H2,1-2H3. The normalized spacial score (nSPS) is 13.9. The smallest absolute Gasteiger partial charge is 0.231 e. The van der Waals surface area contributed by atoms with Crippen LogP contribution in [0.2, 0.25) is 0 Å². The van der Waals surface area contributed by atoms with Gasteiger partial charge in [0.1, 0.15) is 0 Å². The van der Waals surface area contributed by atoms with Crippen LogP contribution in [0, 0.1) is 6.92 Å². The molecule has 2 N–H and O–H groups in total. The number of carbonyl (C=O) groups is 1. The number of nitrogens with zero attached hydrogens (tertiary/aromatic N) is 3. The van der Waals surface area contributed by atoms with Crippen LogP contribution in [0.3, 0.4) is 0 Å². The van der Waals surface area contributed by atoms with E-state index in [0.717, 1.165) is 28.2 Å². The molecule has 3 rings (SSSR count). The molecule has 0 bridgehead atoms. The number of nitrogens with two attached hydrogens (primary N) is 1. The summed E-state index contributed by atoms with van der Waals surface area (Å²) in [5, 5.41) is 4.46. The molecule has 104 valence electrons. The van der Waals surface area contributed by atoms with Gasteiger partial charge < -0.3 is 10.6 Å². The highest BCUT2D eigenvalue weighted by atomic mass is 16.2. The molecule has 1 aliphatic rings. The van der Waals surface area contributed by atoms with Crippen LogP contribution in [0.25, 0.3) is 11.3 Å². The average molecular weight is 270 g/mol. The lowest BCUT2D eigenvalue weighted by atomic mass is 10.1. The van der Waals surface area contributed by atoms with Crippen LogP contribution in [0.1, 0.15) is 11.3 Å². The highest BCUT2D eigenvalue weighted by molar-refractivity contribution is 6.01. The first-order valence-electron chi connectivity index (χ1n) is 6.74. The zero-order valence-electron chi connectivity index (χ0n) is 11.8. The SMILES string of the molecule is Cc1cc(-c2ccc3c(c2)CC(=O)N3C)n(CCN)n1. The Balaban J connectivity index is 2.04. The first kappa shape index (κ1) is 12.9. The van der Waals surface area contributed by atoms with E-state index < -0.39 is 0 Å². The van der Waals surface area contributed by atoms with Gasteiger partial charge >= 0.3 is 0 Å². The van der Waals surface area contributed by atoms with E-state index in [1.54, 1.807) is 4.90 Å². The van der Waals surface area contributed by atoms with Crippen LogP contribution in [0.4, 0.5) is 5.69 Å². The summed E-state index contributed by atoms with van der Waals surface area (Å²) in [4.78, 5) is 13.5. The highest BCUT2D eigenvalue weighted by Crippen LogP contribution is 2.32. The monoisotopic (exact) mass is 270 g/mol. The van der Waals surface area contributed by atoms with E-state index in [2.05, 4.69) is 17.2 Å². The fourth-order valence-corrected chi connectivity index (χ4v) is 2.70. The third kappa shape index (κ3) is 2.00. The van der Waals surface area contributed by atoms with Crippen molar-refractivity contribution >= 4 is 11.6 Å². The molecule has 1 amide bonds. The predicted molar refractivity (Wildman–Crippen MR) is 78.6 cm³/mol. The summed E-state index contributed by atoms with van der Waals surface area (Å²) >= 11 is 0. The molecule has 0 atom stereocenters. The number of hydrogen-bond acceptors (Lipinski definition) is 3. The molecule has 0 unspecified atom stereocenters. The molecular formula is C15H18N4O. The molecule has 0 fully saturated rings. The molecule has 1 aromatic heterocycles. The van der Waals surface area contributed by atoms with Crippen LogP contribution >= 0.6 is 0 Å². The Kier molecular flexibility index (Phi) is 3.06. The molecular weight excluding hydrogens is 252 g/mol. The Labute approximate surface area is 118 Å². The lowest BCUT2D eigenvalue weighted by Gasteiger charge is -2.11. The predicted octanol–water partition coefficient (Wildman–Crippen LogP) is 1.34. The van der Waals surface area contributed by atoms with Gasteiger partial charge in [0, 0.05) is 24.8 Å². The molecule has 5 nitrogen and oxygen atoms in total. The molecule has 1 aliphatic heterocycles. The third-order valence-corrected chi connectivity index (χ3v) is 3.70. The van der Waals surface area contributed by atoms with Crippen LogP contribution < -0.4 is 10.6 Å². The molecule has 2 heterocycles. The van der Waals surface area contributed by atoms with Crippen LogP contribution in [-0.2, 0) is 17.8 Å². The minimum atomic E-state index is 0.142. The molecule has 1 aromatic carbocycles. The molecule has 5 heteroatoms. The van der Waals surface area contributed by atoms with Gasteiger partial charge in [-0.15, -0.1) is 0 Å². The molecule has 0 radical (unpaired) electrons. The van der Waals surface area contributed by atoms with Crippen molar-refractivity contribution in [2.45, 2.75) is 19.9 Å². The van der Waals surface area contributed by atoms with Gasteiger partial charge in [-0.25, -0.2) is 0 Å². The van der Waals surface area contributed by atoms with Crippen molar-refractivity contribution in [2.75, 3.05) is 18.5 Å². The van der Waals surface area contributed by atoms with Crippen LogP contribution in [-0.4, -0.2) is 29.3 Å². The maximum atomic E-state index is 11.7.